The summed E-state index contributed by atoms with van der Waals surface area (Å²) in [7, 11) is -1.83. The Balaban J connectivity index is 1.54. The van der Waals surface area contributed by atoms with Crippen LogP contribution < -0.4 is 4.74 Å². The molecule has 4 rings (SSSR count). The van der Waals surface area contributed by atoms with Gasteiger partial charge < -0.3 is 9.47 Å². The Kier molecular flexibility index (Phi) is 5.16. The van der Waals surface area contributed by atoms with Gasteiger partial charge in [0.25, 0.3) is 0 Å². The first-order valence-electron chi connectivity index (χ1n) is 9.08. The van der Waals surface area contributed by atoms with Gasteiger partial charge in [-0.05, 0) is 62.1 Å². The highest BCUT2D eigenvalue weighted by Gasteiger charge is 2.47. The number of piperidine rings is 1. The highest BCUT2D eigenvalue weighted by molar-refractivity contribution is 7.89. The van der Waals surface area contributed by atoms with Crippen LogP contribution in [-0.4, -0.2) is 38.0 Å². The van der Waals surface area contributed by atoms with Crippen LogP contribution in [0.15, 0.2) is 53.4 Å². The molecule has 2 aromatic carbocycles. The SMILES string of the molecule is COC1CC2CCC(C1)N2S(=O)(=O)c1ccc(Oc2ccccc2Cl)cc1. The van der Waals surface area contributed by atoms with Crippen LogP contribution in [0, 0.1) is 0 Å². The zero-order chi connectivity index (χ0) is 19.0. The minimum Gasteiger partial charge on any atom is -0.456 e. The van der Waals surface area contributed by atoms with E-state index in [9.17, 15) is 8.42 Å². The van der Waals surface area contributed by atoms with E-state index in [-0.39, 0.29) is 18.2 Å². The fourth-order valence-electron chi connectivity index (χ4n) is 4.12. The minimum absolute atomic E-state index is 0.0257. The molecule has 0 radical (unpaired) electrons. The average Bonchev–Trinajstić information content (AvgIpc) is 2.95. The van der Waals surface area contributed by atoms with Crippen LogP contribution in [0.3, 0.4) is 0 Å². The number of nitrogens with zero attached hydrogens (tertiary/aromatic N) is 1. The van der Waals surface area contributed by atoms with Crippen molar-refractivity contribution in [3.8, 4) is 11.5 Å². The van der Waals surface area contributed by atoms with Gasteiger partial charge in [0.1, 0.15) is 11.5 Å². The van der Waals surface area contributed by atoms with Gasteiger partial charge in [-0.2, -0.15) is 4.31 Å². The third-order valence-corrected chi connectivity index (χ3v) is 7.75. The van der Waals surface area contributed by atoms with E-state index in [2.05, 4.69) is 0 Å². The third kappa shape index (κ3) is 3.59. The second kappa shape index (κ2) is 7.43. The number of halogens is 1. The zero-order valence-electron chi connectivity index (χ0n) is 15.0. The van der Waals surface area contributed by atoms with Crippen molar-refractivity contribution in [1.29, 1.82) is 0 Å². The van der Waals surface area contributed by atoms with Crippen LogP contribution in [0.4, 0.5) is 0 Å². The molecule has 0 amide bonds. The first kappa shape index (κ1) is 18.7. The summed E-state index contributed by atoms with van der Waals surface area (Å²) in [6.45, 7) is 0. The van der Waals surface area contributed by atoms with Crippen LogP contribution in [0.5, 0.6) is 11.5 Å². The molecule has 0 aliphatic carbocycles. The second-order valence-electron chi connectivity index (χ2n) is 7.05. The molecule has 2 saturated heterocycles. The molecule has 2 fully saturated rings. The van der Waals surface area contributed by atoms with Crippen LogP contribution in [0.1, 0.15) is 25.7 Å². The fourth-order valence-corrected chi connectivity index (χ4v) is 6.19. The summed E-state index contributed by atoms with van der Waals surface area (Å²) in [6, 6.07) is 13.8. The minimum atomic E-state index is -3.53. The molecule has 7 heteroatoms. The fraction of sp³-hybridized carbons (Fsp3) is 0.400. The number of ether oxygens (including phenoxy) is 2. The lowest BCUT2D eigenvalue weighted by atomic mass is 10.0. The molecule has 2 aromatic rings. The van der Waals surface area contributed by atoms with Gasteiger partial charge in [0.2, 0.25) is 10.0 Å². The number of hydrogen-bond acceptors (Lipinski definition) is 4. The van der Waals surface area contributed by atoms with E-state index < -0.39 is 10.0 Å². The Labute approximate surface area is 164 Å². The molecule has 0 saturated carbocycles. The summed E-state index contributed by atoms with van der Waals surface area (Å²) in [5.74, 6) is 1.08. The number of para-hydroxylation sites is 1. The molecule has 2 aliphatic heterocycles. The number of sulfonamides is 1. The van der Waals surface area contributed by atoms with E-state index in [0.29, 0.717) is 21.4 Å². The van der Waals surface area contributed by atoms with Crippen molar-refractivity contribution in [3.05, 3.63) is 53.6 Å². The maximum absolute atomic E-state index is 13.2. The smallest absolute Gasteiger partial charge is 0.243 e. The number of rotatable bonds is 5. The van der Waals surface area contributed by atoms with E-state index in [4.69, 9.17) is 21.1 Å². The zero-order valence-corrected chi connectivity index (χ0v) is 16.6. The molecule has 0 aromatic heterocycles. The molecule has 27 heavy (non-hydrogen) atoms. The molecule has 2 unspecified atom stereocenters. The molecular weight excluding hydrogens is 386 g/mol. The third-order valence-electron chi connectivity index (χ3n) is 5.42. The summed E-state index contributed by atoms with van der Waals surface area (Å²) in [5.41, 5.74) is 0. The predicted molar refractivity (Wildman–Crippen MR) is 104 cm³/mol. The maximum Gasteiger partial charge on any atom is 0.243 e. The Morgan fingerprint density at radius 1 is 1.00 bits per heavy atom. The monoisotopic (exact) mass is 407 g/mol. The van der Waals surface area contributed by atoms with E-state index in [0.717, 1.165) is 25.7 Å². The number of benzene rings is 2. The lowest BCUT2D eigenvalue weighted by Crippen LogP contribution is -2.48. The summed E-state index contributed by atoms with van der Waals surface area (Å²) in [6.07, 6.45) is 3.48. The van der Waals surface area contributed by atoms with E-state index in [1.54, 1.807) is 47.8 Å². The topological polar surface area (TPSA) is 55.8 Å². The Morgan fingerprint density at radius 3 is 2.22 bits per heavy atom. The molecule has 144 valence electrons. The number of fused-ring (bicyclic) bond motifs is 2. The molecule has 2 aliphatic rings. The number of methoxy groups -OCH3 is 1. The molecule has 2 heterocycles. The lowest BCUT2D eigenvalue weighted by Gasteiger charge is -2.37. The van der Waals surface area contributed by atoms with Gasteiger partial charge in [-0.1, -0.05) is 23.7 Å². The largest absolute Gasteiger partial charge is 0.456 e. The molecular formula is C20H22ClNO4S. The van der Waals surface area contributed by atoms with Gasteiger partial charge in [0.05, 0.1) is 16.0 Å². The summed E-state index contributed by atoms with van der Waals surface area (Å²) < 4.78 is 39.3. The van der Waals surface area contributed by atoms with E-state index >= 15 is 0 Å². The Bertz CT molecular complexity index is 902. The molecule has 0 spiro atoms. The summed E-state index contributed by atoms with van der Waals surface area (Å²) >= 11 is 6.10. The van der Waals surface area contributed by atoms with E-state index in [1.807, 2.05) is 12.1 Å². The van der Waals surface area contributed by atoms with Crippen molar-refractivity contribution in [2.45, 2.75) is 48.8 Å². The van der Waals surface area contributed by atoms with Crippen LogP contribution >= 0.6 is 11.6 Å². The van der Waals surface area contributed by atoms with Crippen LogP contribution in [0.2, 0.25) is 5.02 Å². The van der Waals surface area contributed by atoms with Crippen molar-refractivity contribution in [2.24, 2.45) is 0 Å². The van der Waals surface area contributed by atoms with Gasteiger partial charge >= 0.3 is 0 Å². The standard InChI is InChI=1S/C20H22ClNO4S/c1-25-17-12-14-6-7-15(13-17)22(14)27(23,24)18-10-8-16(9-11-18)26-20-5-3-2-4-19(20)21/h2-5,8-11,14-15,17H,6-7,12-13H2,1H3. The number of hydrogen-bond donors (Lipinski definition) is 0. The van der Waals surface area contributed by atoms with Crippen molar-refractivity contribution >= 4 is 21.6 Å². The molecule has 0 N–H and O–H groups in total. The molecule has 5 nitrogen and oxygen atoms in total. The first-order valence-corrected chi connectivity index (χ1v) is 10.9. The van der Waals surface area contributed by atoms with Crippen molar-refractivity contribution < 1.29 is 17.9 Å². The van der Waals surface area contributed by atoms with Gasteiger partial charge in [-0.15, -0.1) is 0 Å². The summed E-state index contributed by atoms with van der Waals surface area (Å²) in [4.78, 5) is 0.293. The Morgan fingerprint density at radius 2 is 1.63 bits per heavy atom. The second-order valence-corrected chi connectivity index (χ2v) is 9.30. The lowest BCUT2D eigenvalue weighted by molar-refractivity contribution is 0.0349. The predicted octanol–water partition coefficient (Wildman–Crippen LogP) is 4.46. The van der Waals surface area contributed by atoms with Gasteiger partial charge in [0.15, 0.2) is 0 Å². The molecule has 2 bridgehead atoms. The highest BCUT2D eigenvalue weighted by Crippen LogP contribution is 2.40. The average molecular weight is 408 g/mol. The maximum atomic E-state index is 13.2. The quantitative estimate of drug-likeness (QED) is 0.734. The van der Waals surface area contributed by atoms with Gasteiger partial charge in [-0.25, -0.2) is 8.42 Å². The molecule has 2 atom stereocenters. The summed E-state index contributed by atoms with van der Waals surface area (Å²) in [5, 5.41) is 0.506. The van der Waals surface area contributed by atoms with Crippen LogP contribution in [-0.2, 0) is 14.8 Å². The van der Waals surface area contributed by atoms with E-state index in [1.165, 1.54) is 0 Å². The van der Waals surface area contributed by atoms with Gasteiger partial charge in [-0.3, -0.25) is 0 Å². The van der Waals surface area contributed by atoms with Crippen molar-refractivity contribution in [3.63, 3.8) is 0 Å². The van der Waals surface area contributed by atoms with Crippen molar-refractivity contribution in [2.75, 3.05) is 7.11 Å². The van der Waals surface area contributed by atoms with Crippen molar-refractivity contribution in [1.82, 2.24) is 4.31 Å². The van der Waals surface area contributed by atoms with Gasteiger partial charge in [0, 0.05) is 19.2 Å². The first-order chi connectivity index (χ1) is 13.0. The highest BCUT2D eigenvalue weighted by atomic mass is 35.5. The van der Waals surface area contributed by atoms with Crippen LogP contribution in [0.25, 0.3) is 0 Å². The Hall–Kier alpha value is -1.60. The normalized spacial score (nSPS) is 25.5.